The van der Waals surface area contributed by atoms with Gasteiger partial charge >= 0.3 is 5.97 Å². The molecule has 0 aromatic heterocycles. The van der Waals surface area contributed by atoms with E-state index in [2.05, 4.69) is 5.16 Å². The molecule has 4 heteroatoms. The lowest BCUT2D eigenvalue weighted by Crippen LogP contribution is -2.22. The monoisotopic (exact) mass is 219 g/mol. The summed E-state index contributed by atoms with van der Waals surface area (Å²) in [5.74, 6) is -1.06. The lowest BCUT2D eigenvalue weighted by Gasteiger charge is -2.07. The van der Waals surface area contributed by atoms with E-state index in [1.54, 1.807) is 0 Å². The number of benzene rings is 1. The van der Waals surface area contributed by atoms with Crippen molar-refractivity contribution in [3.63, 3.8) is 0 Å². The molecule has 2 rings (SSSR count). The van der Waals surface area contributed by atoms with Crippen LogP contribution in [0.25, 0.3) is 0 Å². The molecule has 16 heavy (non-hydrogen) atoms. The highest BCUT2D eigenvalue weighted by molar-refractivity contribution is 6.36. The minimum Gasteiger partial charge on any atom is -0.477 e. The molecular formula is C12H13NO3. The van der Waals surface area contributed by atoms with Gasteiger partial charge in [-0.15, -0.1) is 0 Å². The molecule has 0 radical (unpaired) electrons. The summed E-state index contributed by atoms with van der Waals surface area (Å²) < 4.78 is 0. The number of aliphatic carboxylic acids is 1. The van der Waals surface area contributed by atoms with Crippen molar-refractivity contribution in [1.29, 1.82) is 0 Å². The molecule has 0 spiro atoms. The Hall–Kier alpha value is -1.84. The molecule has 4 nitrogen and oxygen atoms in total. The number of rotatable bonds is 4. The third kappa shape index (κ3) is 2.39. The molecule has 1 aliphatic rings. The highest BCUT2D eigenvalue weighted by atomic mass is 16.6. The molecule has 0 amide bonds. The maximum atomic E-state index is 10.8. The lowest BCUT2D eigenvalue weighted by molar-refractivity contribution is -0.129. The molecular weight excluding hydrogens is 206 g/mol. The fraction of sp³-hybridized carbons (Fsp3) is 0.333. The van der Waals surface area contributed by atoms with Crippen molar-refractivity contribution in [2.75, 3.05) is 6.61 Å². The maximum Gasteiger partial charge on any atom is 0.354 e. The molecule has 1 N–H and O–H groups in total. The second-order valence-electron chi connectivity index (χ2n) is 3.80. The highest BCUT2D eigenvalue weighted by Crippen LogP contribution is 2.17. The van der Waals surface area contributed by atoms with Gasteiger partial charge in [-0.1, -0.05) is 35.5 Å². The molecule has 0 aliphatic carbocycles. The van der Waals surface area contributed by atoms with E-state index < -0.39 is 5.97 Å². The molecule has 0 saturated heterocycles. The Morgan fingerprint density at radius 3 is 2.88 bits per heavy atom. The summed E-state index contributed by atoms with van der Waals surface area (Å²) in [6.07, 6.45) is 1.61. The van der Waals surface area contributed by atoms with E-state index in [0.717, 1.165) is 12.8 Å². The highest BCUT2D eigenvalue weighted by Gasteiger charge is 2.28. The number of hydrogen-bond donors (Lipinski definition) is 1. The van der Waals surface area contributed by atoms with E-state index in [0.29, 0.717) is 6.61 Å². The van der Waals surface area contributed by atoms with Crippen molar-refractivity contribution >= 4 is 11.7 Å². The second kappa shape index (κ2) is 4.79. The Kier molecular flexibility index (Phi) is 3.19. The Balaban J connectivity index is 1.92. The van der Waals surface area contributed by atoms with Gasteiger partial charge < -0.3 is 9.94 Å². The van der Waals surface area contributed by atoms with Crippen molar-refractivity contribution < 1.29 is 14.7 Å². The standard InChI is InChI=1S/C12H13NO3/c14-12(15)11-10(8-16-13-11)7-6-9-4-2-1-3-5-9/h1-5,10H,6-8H2,(H,14,15). The van der Waals surface area contributed by atoms with Gasteiger partial charge in [-0.2, -0.15) is 0 Å². The van der Waals surface area contributed by atoms with E-state index in [1.807, 2.05) is 30.3 Å². The number of oxime groups is 1. The first-order chi connectivity index (χ1) is 7.77. The van der Waals surface area contributed by atoms with Crippen LogP contribution in [-0.2, 0) is 16.1 Å². The fourth-order valence-corrected chi connectivity index (χ4v) is 1.77. The number of carbonyl (C=O) groups is 1. The van der Waals surface area contributed by atoms with Crippen LogP contribution in [0.4, 0.5) is 0 Å². The Morgan fingerprint density at radius 2 is 2.19 bits per heavy atom. The molecule has 0 saturated carbocycles. The number of hydrogen-bond acceptors (Lipinski definition) is 3. The molecule has 84 valence electrons. The van der Waals surface area contributed by atoms with Crippen LogP contribution in [0, 0.1) is 5.92 Å². The number of carboxylic acids is 1. The Bertz CT molecular complexity index is 400. The zero-order chi connectivity index (χ0) is 11.4. The minimum atomic E-state index is -0.976. The van der Waals surface area contributed by atoms with Crippen LogP contribution in [0.2, 0.25) is 0 Å². The van der Waals surface area contributed by atoms with E-state index in [9.17, 15) is 4.79 Å². The summed E-state index contributed by atoms with van der Waals surface area (Å²) in [5.41, 5.74) is 1.36. The van der Waals surface area contributed by atoms with Gasteiger partial charge in [0.1, 0.15) is 6.61 Å². The van der Waals surface area contributed by atoms with Crippen LogP contribution in [0.15, 0.2) is 35.5 Å². The molecule has 1 atom stereocenters. The van der Waals surface area contributed by atoms with Gasteiger partial charge in [-0.3, -0.25) is 0 Å². The predicted octanol–water partition coefficient (Wildman–Crippen LogP) is 1.71. The van der Waals surface area contributed by atoms with Gasteiger partial charge in [-0.25, -0.2) is 4.79 Å². The van der Waals surface area contributed by atoms with Crippen molar-refractivity contribution in [3.05, 3.63) is 35.9 Å². The van der Waals surface area contributed by atoms with Gasteiger partial charge in [0.05, 0.1) is 0 Å². The Morgan fingerprint density at radius 1 is 1.44 bits per heavy atom. The summed E-state index contributed by atoms with van der Waals surface area (Å²) in [5, 5.41) is 12.4. The smallest absolute Gasteiger partial charge is 0.354 e. The Labute approximate surface area is 93.5 Å². The van der Waals surface area contributed by atoms with Crippen LogP contribution in [0.5, 0.6) is 0 Å². The van der Waals surface area contributed by atoms with E-state index in [4.69, 9.17) is 9.94 Å². The van der Waals surface area contributed by atoms with E-state index >= 15 is 0 Å². The van der Waals surface area contributed by atoms with Crippen LogP contribution in [-0.4, -0.2) is 23.4 Å². The van der Waals surface area contributed by atoms with Crippen molar-refractivity contribution in [2.24, 2.45) is 11.1 Å². The van der Waals surface area contributed by atoms with Gasteiger partial charge in [0.25, 0.3) is 0 Å². The lowest BCUT2D eigenvalue weighted by atomic mass is 9.96. The van der Waals surface area contributed by atoms with Gasteiger partial charge in [0.2, 0.25) is 0 Å². The molecule has 1 aliphatic heterocycles. The molecule has 0 fully saturated rings. The summed E-state index contributed by atoms with van der Waals surface area (Å²) in [7, 11) is 0. The van der Waals surface area contributed by atoms with Crippen molar-refractivity contribution in [1.82, 2.24) is 0 Å². The molecule has 1 unspecified atom stereocenters. The topological polar surface area (TPSA) is 58.9 Å². The zero-order valence-electron chi connectivity index (χ0n) is 8.80. The number of aryl methyl sites for hydroxylation is 1. The second-order valence-corrected chi connectivity index (χ2v) is 3.80. The van der Waals surface area contributed by atoms with E-state index in [-0.39, 0.29) is 11.6 Å². The molecule has 0 bridgehead atoms. The number of nitrogens with zero attached hydrogens (tertiary/aromatic N) is 1. The van der Waals surface area contributed by atoms with Crippen molar-refractivity contribution in [2.45, 2.75) is 12.8 Å². The van der Waals surface area contributed by atoms with Gasteiger partial charge in [0.15, 0.2) is 5.71 Å². The summed E-state index contributed by atoms with van der Waals surface area (Å²) in [4.78, 5) is 15.6. The molecule has 1 aromatic carbocycles. The first kappa shape index (κ1) is 10.7. The van der Waals surface area contributed by atoms with Crippen LogP contribution < -0.4 is 0 Å². The van der Waals surface area contributed by atoms with E-state index in [1.165, 1.54) is 5.56 Å². The average Bonchev–Trinajstić information content (AvgIpc) is 2.76. The minimum absolute atomic E-state index is 0.0855. The first-order valence-electron chi connectivity index (χ1n) is 5.24. The van der Waals surface area contributed by atoms with Gasteiger partial charge in [0, 0.05) is 5.92 Å². The maximum absolute atomic E-state index is 10.8. The fourth-order valence-electron chi connectivity index (χ4n) is 1.77. The largest absolute Gasteiger partial charge is 0.477 e. The molecule has 1 heterocycles. The quantitative estimate of drug-likeness (QED) is 0.838. The SMILES string of the molecule is O=C(O)C1=NOCC1CCc1ccccc1. The third-order valence-electron chi connectivity index (χ3n) is 2.67. The zero-order valence-corrected chi connectivity index (χ0v) is 8.80. The van der Waals surface area contributed by atoms with Crippen LogP contribution in [0.1, 0.15) is 12.0 Å². The average molecular weight is 219 g/mol. The summed E-state index contributed by atoms with van der Waals surface area (Å²) in [6.45, 7) is 0.383. The molecule has 1 aromatic rings. The summed E-state index contributed by atoms with van der Waals surface area (Å²) >= 11 is 0. The first-order valence-corrected chi connectivity index (χ1v) is 5.24. The van der Waals surface area contributed by atoms with Crippen LogP contribution in [0.3, 0.4) is 0 Å². The predicted molar refractivity (Wildman–Crippen MR) is 59.3 cm³/mol. The summed E-state index contributed by atoms with van der Waals surface area (Å²) in [6, 6.07) is 9.99. The van der Waals surface area contributed by atoms with Crippen molar-refractivity contribution in [3.8, 4) is 0 Å². The third-order valence-corrected chi connectivity index (χ3v) is 2.67. The normalized spacial score (nSPS) is 19.0. The van der Waals surface area contributed by atoms with Gasteiger partial charge in [-0.05, 0) is 18.4 Å². The number of carboxylic acid groups (broad SMARTS) is 1. The van der Waals surface area contributed by atoms with Crippen LogP contribution >= 0.6 is 0 Å².